The van der Waals surface area contributed by atoms with Gasteiger partial charge in [0, 0.05) is 5.56 Å². The molecule has 0 aliphatic heterocycles. The van der Waals surface area contributed by atoms with Crippen LogP contribution in [0.1, 0.15) is 21.9 Å². The molecule has 0 saturated heterocycles. The summed E-state index contributed by atoms with van der Waals surface area (Å²) in [6.07, 6.45) is 0. The highest BCUT2D eigenvalue weighted by Crippen LogP contribution is 2.16. The van der Waals surface area contributed by atoms with E-state index >= 15 is 0 Å². The van der Waals surface area contributed by atoms with Gasteiger partial charge in [0.25, 0.3) is 5.91 Å². The first kappa shape index (κ1) is 12.9. The number of anilines is 1. The monoisotopic (exact) mass is 254 g/mol. The molecular formula is C15H14N2O2. The van der Waals surface area contributed by atoms with Crippen molar-refractivity contribution in [2.24, 2.45) is 5.73 Å². The molecule has 1 aromatic carbocycles. The van der Waals surface area contributed by atoms with Gasteiger partial charge < -0.3 is 15.5 Å². The lowest BCUT2D eigenvalue weighted by atomic mass is 10.2. The van der Waals surface area contributed by atoms with Crippen molar-refractivity contribution in [1.82, 2.24) is 0 Å². The van der Waals surface area contributed by atoms with Gasteiger partial charge in [-0.25, -0.2) is 0 Å². The van der Waals surface area contributed by atoms with Crippen molar-refractivity contribution in [3.63, 3.8) is 0 Å². The van der Waals surface area contributed by atoms with Crippen molar-refractivity contribution in [2.45, 2.75) is 6.92 Å². The number of hydrogen-bond acceptors (Lipinski definition) is 3. The topological polar surface area (TPSA) is 68.3 Å². The van der Waals surface area contributed by atoms with Crippen LogP contribution in [0.15, 0.2) is 40.8 Å². The highest BCUT2D eigenvalue weighted by Gasteiger charge is 2.11. The van der Waals surface area contributed by atoms with Gasteiger partial charge in [-0.05, 0) is 31.2 Å². The van der Waals surface area contributed by atoms with Crippen molar-refractivity contribution in [3.05, 3.63) is 53.5 Å². The van der Waals surface area contributed by atoms with Gasteiger partial charge in [0.1, 0.15) is 5.76 Å². The summed E-state index contributed by atoms with van der Waals surface area (Å²) in [5, 5.41) is 2.77. The van der Waals surface area contributed by atoms with Crippen LogP contribution in [0.3, 0.4) is 0 Å². The smallest absolute Gasteiger partial charge is 0.291 e. The predicted molar refractivity (Wildman–Crippen MR) is 73.8 cm³/mol. The van der Waals surface area contributed by atoms with E-state index in [2.05, 4.69) is 17.2 Å². The number of amides is 1. The van der Waals surface area contributed by atoms with Crippen LogP contribution in [0, 0.1) is 18.8 Å². The van der Waals surface area contributed by atoms with E-state index < -0.39 is 0 Å². The molecule has 1 amide bonds. The maximum atomic E-state index is 12.0. The summed E-state index contributed by atoms with van der Waals surface area (Å²) in [6, 6.07) is 10.7. The number of hydrogen-bond donors (Lipinski definition) is 2. The van der Waals surface area contributed by atoms with Crippen LogP contribution in [0.5, 0.6) is 0 Å². The summed E-state index contributed by atoms with van der Waals surface area (Å²) in [6.45, 7) is 2.07. The molecule has 0 radical (unpaired) electrons. The van der Waals surface area contributed by atoms with Gasteiger partial charge in [0.15, 0.2) is 5.76 Å². The second kappa shape index (κ2) is 5.89. The number of para-hydroxylation sites is 1. The molecule has 2 aromatic rings. The average molecular weight is 254 g/mol. The van der Waals surface area contributed by atoms with Crippen molar-refractivity contribution < 1.29 is 9.21 Å². The molecule has 0 aliphatic rings. The molecule has 0 saturated carbocycles. The van der Waals surface area contributed by atoms with E-state index in [1.807, 2.05) is 18.2 Å². The van der Waals surface area contributed by atoms with Gasteiger partial charge in [0.2, 0.25) is 0 Å². The Morgan fingerprint density at radius 3 is 2.79 bits per heavy atom. The van der Waals surface area contributed by atoms with Crippen molar-refractivity contribution in [2.75, 3.05) is 11.9 Å². The molecule has 96 valence electrons. The Kier molecular flexibility index (Phi) is 4.01. The summed E-state index contributed by atoms with van der Waals surface area (Å²) < 4.78 is 5.27. The summed E-state index contributed by atoms with van der Waals surface area (Å²) >= 11 is 0. The third-order valence-electron chi connectivity index (χ3n) is 2.46. The van der Waals surface area contributed by atoms with E-state index in [-0.39, 0.29) is 18.2 Å². The summed E-state index contributed by atoms with van der Waals surface area (Å²) in [7, 11) is 0. The highest BCUT2D eigenvalue weighted by atomic mass is 16.3. The molecule has 0 aliphatic carbocycles. The quantitative estimate of drug-likeness (QED) is 0.807. The number of carbonyl (C=O) groups is 1. The highest BCUT2D eigenvalue weighted by molar-refractivity contribution is 6.03. The van der Waals surface area contributed by atoms with Crippen LogP contribution >= 0.6 is 0 Å². The van der Waals surface area contributed by atoms with Gasteiger partial charge in [-0.2, -0.15) is 0 Å². The summed E-state index contributed by atoms with van der Waals surface area (Å²) in [5.41, 5.74) is 6.71. The van der Waals surface area contributed by atoms with E-state index in [4.69, 9.17) is 10.2 Å². The van der Waals surface area contributed by atoms with Crippen molar-refractivity contribution in [3.8, 4) is 11.8 Å². The van der Waals surface area contributed by atoms with Crippen LogP contribution < -0.4 is 11.1 Å². The van der Waals surface area contributed by atoms with Crippen LogP contribution in [0.4, 0.5) is 5.69 Å². The summed E-state index contributed by atoms with van der Waals surface area (Å²) in [4.78, 5) is 12.0. The minimum atomic E-state index is -0.296. The van der Waals surface area contributed by atoms with Crippen molar-refractivity contribution >= 4 is 11.6 Å². The molecule has 3 N–H and O–H groups in total. The fraction of sp³-hybridized carbons (Fsp3) is 0.133. The third-order valence-corrected chi connectivity index (χ3v) is 2.46. The average Bonchev–Trinajstić information content (AvgIpc) is 2.84. The molecule has 1 aromatic heterocycles. The second-order valence-electron chi connectivity index (χ2n) is 3.92. The van der Waals surface area contributed by atoms with Crippen LogP contribution in [0.2, 0.25) is 0 Å². The van der Waals surface area contributed by atoms with Gasteiger partial charge in [-0.3, -0.25) is 4.79 Å². The molecule has 0 unspecified atom stereocenters. The zero-order valence-corrected chi connectivity index (χ0v) is 10.6. The van der Waals surface area contributed by atoms with E-state index in [0.717, 1.165) is 5.56 Å². The van der Waals surface area contributed by atoms with E-state index in [1.165, 1.54) is 0 Å². The van der Waals surface area contributed by atoms with E-state index in [9.17, 15) is 4.79 Å². The van der Waals surface area contributed by atoms with Gasteiger partial charge >= 0.3 is 0 Å². The van der Waals surface area contributed by atoms with Gasteiger partial charge in [-0.15, -0.1) is 0 Å². The Labute approximate surface area is 111 Å². The van der Waals surface area contributed by atoms with Crippen LogP contribution in [-0.4, -0.2) is 12.5 Å². The summed E-state index contributed by atoms with van der Waals surface area (Å²) in [5.74, 6) is 6.36. The molecule has 0 bridgehead atoms. The lowest BCUT2D eigenvalue weighted by Gasteiger charge is -2.05. The second-order valence-corrected chi connectivity index (χ2v) is 3.92. The number of benzene rings is 1. The molecule has 4 nitrogen and oxygen atoms in total. The number of aryl methyl sites for hydroxylation is 1. The largest absolute Gasteiger partial charge is 0.456 e. The lowest BCUT2D eigenvalue weighted by Crippen LogP contribution is -2.11. The Morgan fingerprint density at radius 1 is 1.32 bits per heavy atom. The minimum Gasteiger partial charge on any atom is -0.456 e. The molecule has 2 rings (SSSR count). The lowest BCUT2D eigenvalue weighted by molar-refractivity contribution is 0.0995. The Hall–Kier alpha value is -2.51. The zero-order chi connectivity index (χ0) is 13.7. The van der Waals surface area contributed by atoms with E-state index in [1.54, 1.807) is 25.1 Å². The predicted octanol–water partition coefficient (Wildman–Crippen LogP) is 2.15. The maximum absolute atomic E-state index is 12.0. The Bertz CT molecular complexity index is 647. The van der Waals surface area contributed by atoms with Crippen LogP contribution in [-0.2, 0) is 0 Å². The zero-order valence-electron chi connectivity index (χ0n) is 10.6. The van der Waals surface area contributed by atoms with E-state index in [0.29, 0.717) is 11.4 Å². The number of furan rings is 1. The SMILES string of the molecule is Cc1ccc(C(=O)Nc2ccccc2C#CCN)o1. The van der Waals surface area contributed by atoms with Crippen molar-refractivity contribution in [1.29, 1.82) is 0 Å². The Balaban J connectivity index is 2.21. The first-order valence-corrected chi connectivity index (χ1v) is 5.86. The maximum Gasteiger partial charge on any atom is 0.291 e. The molecule has 0 atom stereocenters. The number of carbonyl (C=O) groups excluding carboxylic acids is 1. The first-order chi connectivity index (χ1) is 9.20. The minimum absolute atomic E-state index is 0.277. The fourth-order valence-electron chi connectivity index (χ4n) is 1.59. The molecule has 0 spiro atoms. The molecule has 0 fully saturated rings. The fourth-order valence-corrected chi connectivity index (χ4v) is 1.59. The van der Waals surface area contributed by atoms with Crippen LogP contribution in [0.25, 0.3) is 0 Å². The van der Waals surface area contributed by atoms with Gasteiger partial charge in [-0.1, -0.05) is 24.0 Å². The third kappa shape index (κ3) is 3.24. The standard InChI is InChI=1S/C15H14N2O2/c1-11-8-9-14(19-11)15(18)17-13-7-3-2-5-12(13)6-4-10-16/h2-3,5,7-9H,10,16H2,1H3,(H,17,18). The first-order valence-electron chi connectivity index (χ1n) is 5.86. The molecular weight excluding hydrogens is 240 g/mol. The molecule has 1 heterocycles. The normalized spacial score (nSPS) is 9.58. The number of nitrogens with one attached hydrogen (secondary N) is 1. The number of nitrogens with two attached hydrogens (primary N) is 1. The van der Waals surface area contributed by atoms with Gasteiger partial charge in [0.05, 0.1) is 12.2 Å². The Morgan fingerprint density at radius 2 is 2.11 bits per heavy atom. The molecule has 4 heteroatoms. The molecule has 19 heavy (non-hydrogen) atoms. The number of rotatable bonds is 2.